The monoisotopic (exact) mass is 1130 g/mol. The van der Waals surface area contributed by atoms with Gasteiger partial charge in [-0.15, -0.1) is 0 Å². The largest absolute Gasteiger partial charge is 0.493 e. The molecule has 3 heterocycles. The molecule has 0 aliphatic carbocycles. The van der Waals surface area contributed by atoms with Crippen LogP contribution in [0.2, 0.25) is 0 Å². The predicted octanol–water partition coefficient (Wildman–Crippen LogP) is 6.95. The third kappa shape index (κ3) is 15.1. The second-order valence-electron chi connectivity index (χ2n) is 20.2. The Morgan fingerprint density at radius 3 is 1.93 bits per heavy atom. The fourth-order valence-electron chi connectivity index (χ4n) is 10.6. The quantitative estimate of drug-likeness (QED) is 0.0271. The van der Waals surface area contributed by atoms with Crippen LogP contribution in [0, 0.1) is 0 Å². The van der Waals surface area contributed by atoms with Gasteiger partial charge in [0.2, 0.25) is 23.5 Å². The molecule has 2 fully saturated rings. The summed E-state index contributed by atoms with van der Waals surface area (Å²) < 4.78 is 46.1. The topological polar surface area (TPSA) is 253 Å². The molecule has 0 aromatic heterocycles. The number of carbonyl (C=O) groups is 8. The molecule has 0 saturated carbocycles. The van der Waals surface area contributed by atoms with Crippen LogP contribution in [-0.2, 0) is 39.9 Å². The van der Waals surface area contributed by atoms with Crippen molar-refractivity contribution in [1.82, 2.24) is 25.8 Å². The molecule has 2 unspecified atom stereocenters. The number of ether oxygens (including phenoxy) is 8. The number of nitrogens with zero attached hydrogens (tertiary/aromatic N) is 2. The Morgan fingerprint density at radius 2 is 1.29 bits per heavy atom. The van der Waals surface area contributed by atoms with E-state index >= 15 is 0 Å². The van der Waals surface area contributed by atoms with Crippen molar-refractivity contribution in [3.8, 4) is 40.2 Å². The van der Waals surface area contributed by atoms with Crippen LogP contribution < -0.4 is 49.1 Å². The molecule has 4 aromatic carbocycles. The van der Waals surface area contributed by atoms with Gasteiger partial charge in [0, 0.05) is 31.6 Å². The molecule has 3 aliphatic heterocycles. The number of unbranched alkanes of at least 4 members (excludes halogenated alkanes) is 5. The Balaban J connectivity index is 0.872. The molecule has 4 aromatic rings. The minimum absolute atomic E-state index is 0.00191. The van der Waals surface area contributed by atoms with Gasteiger partial charge in [0.05, 0.1) is 52.6 Å². The summed E-state index contributed by atoms with van der Waals surface area (Å²) in [5.74, 6) is -1.83. The van der Waals surface area contributed by atoms with Gasteiger partial charge in [-0.3, -0.25) is 43.8 Å². The maximum absolute atomic E-state index is 14.6. The molecule has 7 rings (SSSR count). The zero-order valence-electron chi connectivity index (χ0n) is 47.6. The number of fused-ring (bicyclic) bond motifs is 1. The molecule has 3 aliphatic rings. The van der Waals surface area contributed by atoms with Gasteiger partial charge in [-0.05, 0) is 111 Å². The number of para-hydroxylation sites is 1. The molecule has 0 bridgehead atoms. The van der Waals surface area contributed by atoms with Crippen molar-refractivity contribution in [3.05, 3.63) is 101 Å². The number of rotatable bonds is 30. The van der Waals surface area contributed by atoms with Crippen LogP contribution in [0.5, 0.6) is 40.2 Å². The number of methoxy groups -OCH3 is 5. The third-order valence-electron chi connectivity index (χ3n) is 14.9. The van der Waals surface area contributed by atoms with Crippen molar-refractivity contribution in [2.45, 2.75) is 121 Å². The van der Waals surface area contributed by atoms with E-state index in [9.17, 15) is 38.4 Å². The van der Waals surface area contributed by atoms with Crippen LogP contribution in [0.3, 0.4) is 0 Å². The SMILES string of the molecule is CC[C@H](C(=O)N1CCCC[C@H]1C(=O)OC(CCc1ccc(OC)c(OC)c1)c1ccccc1OCC(=O)NCCCCCCCCNC(=O)COc1cccc2c1C(=O)N(C1CCC(=O)NC1=O)C2=O)c1cc(OC)c(OC)c(OC)c1. The van der Waals surface area contributed by atoms with Crippen LogP contribution in [0.4, 0.5) is 0 Å². The zero-order chi connectivity index (χ0) is 58.7. The van der Waals surface area contributed by atoms with E-state index in [0.29, 0.717) is 90.9 Å². The van der Waals surface area contributed by atoms with Gasteiger partial charge in [0.1, 0.15) is 29.7 Å². The molecule has 21 nitrogen and oxygen atoms in total. The number of carbonyl (C=O) groups excluding carboxylic acids is 8. The number of nitrogens with one attached hydrogen (secondary N) is 3. The average Bonchev–Trinajstić information content (AvgIpc) is 3.17. The van der Waals surface area contributed by atoms with Gasteiger partial charge in [-0.1, -0.05) is 62.9 Å². The fourth-order valence-corrected chi connectivity index (χ4v) is 10.6. The third-order valence-corrected chi connectivity index (χ3v) is 14.9. The number of imide groups is 2. The predicted molar refractivity (Wildman–Crippen MR) is 299 cm³/mol. The highest BCUT2D eigenvalue weighted by molar-refractivity contribution is 6.24. The summed E-state index contributed by atoms with van der Waals surface area (Å²) in [6.07, 6.45) is 7.35. The lowest BCUT2D eigenvalue weighted by Crippen LogP contribution is -2.54. The van der Waals surface area contributed by atoms with E-state index in [0.717, 1.165) is 61.8 Å². The summed E-state index contributed by atoms with van der Waals surface area (Å²) in [4.78, 5) is 108. The van der Waals surface area contributed by atoms with Crippen LogP contribution >= 0.6 is 0 Å². The molecule has 2 saturated heterocycles. The summed E-state index contributed by atoms with van der Waals surface area (Å²) in [5.41, 5.74) is 2.19. The van der Waals surface area contributed by atoms with Gasteiger partial charge in [0.15, 0.2) is 36.2 Å². The summed E-state index contributed by atoms with van der Waals surface area (Å²) in [6, 6.07) is 18.8. The Labute approximate surface area is 477 Å². The highest BCUT2D eigenvalue weighted by Crippen LogP contribution is 2.42. The molecule has 4 atom stereocenters. The highest BCUT2D eigenvalue weighted by atomic mass is 16.6. The van der Waals surface area contributed by atoms with Gasteiger partial charge in [0.25, 0.3) is 23.6 Å². The first-order valence-corrected chi connectivity index (χ1v) is 28.0. The molecule has 0 spiro atoms. The van der Waals surface area contributed by atoms with E-state index in [1.165, 1.54) is 39.5 Å². The molecular weight excluding hydrogens is 1060 g/mol. The van der Waals surface area contributed by atoms with Crippen LogP contribution in [0.1, 0.15) is 140 Å². The van der Waals surface area contributed by atoms with Crippen molar-refractivity contribution in [2.24, 2.45) is 0 Å². The number of likely N-dealkylation sites (tertiary alicyclic amines) is 1. The molecule has 3 N–H and O–H groups in total. The summed E-state index contributed by atoms with van der Waals surface area (Å²) >= 11 is 0. The Hall–Kier alpha value is -8.36. The summed E-state index contributed by atoms with van der Waals surface area (Å²) in [5, 5.41) is 7.92. The number of aryl methyl sites for hydroxylation is 1. The van der Waals surface area contributed by atoms with Crippen molar-refractivity contribution >= 4 is 47.3 Å². The van der Waals surface area contributed by atoms with Crippen LogP contribution in [-0.4, -0.2) is 138 Å². The molecule has 440 valence electrons. The van der Waals surface area contributed by atoms with Gasteiger partial charge >= 0.3 is 5.97 Å². The minimum atomic E-state index is -1.12. The fraction of sp³-hybridized carbons (Fsp3) is 0.475. The lowest BCUT2D eigenvalue weighted by molar-refractivity contribution is -0.162. The number of piperidine rings is 2. The number of amides is 7. The number of hydrogen-bond acceptors (Lipinski definition) is 16. The van der Waals surface area contributed by atoms with Crippen molar-refractivity contribution < 1.29 is 76.3 Å². The van der Waals surface area contributed by atoms with E-state index in [1.54, 1.807) is 43.4 Å². The normalized spacial score (nSPS) is 16.5. The van der Waals surface area contributed by atoms with E-state index in [4.69, 9.17) is 37.9 Å². The molecule has 82 heavy (non-hydrogen) atoms. The Kier molecular flexibility index (Phi) is 22.3. The lowest BCUT2D eigenvalue weighted by Gasteiger charge is -2.37. The number of hydrogen-bond donors (Lipinski definition) is 3. The standard InChI is InChI=1S/C61H75N5O16/c1-7-40(39-34-50(77-4)56(79-6)51(35-39)78-5)58(71)65-32-17-14-21-44(65)61(74)82-46(27-24-38-25-28-47(75-2)49(33-38)76-3)41-19-12-13-22-45(41)80-36-53(68)62-30-15-10-8-9-11-16-31-63-54(69)37-81-48-23-18-20-42-55(48)60(73)66(59(42)72)43-26-29-52(67)64-57(43)70/h12-13,18-20,22-23,25,28,33-35,40,43-44,46H,7-11,14-17,21,24,26-27,29-32,36-37H2,1-6H3,(H,62,68)(H,63,69)(H,64,67,70)/t40-,43?,44-,46?/m0/s1. The maximum Gasteiger partial charge on any atom is 0.329 e. The summed E-state index contributed by atoms with van der Waals surface area (Å²) in [6.45, 7) is 2.49. The summed E-state index contributed by atoms with van der Waals surface area (Å²) in [7, 11) is 7.69. The van der Waals surface area contributed by atoms with Gasteiger partial charge in [-0.2, -0.15) is 0 Å². The molecule has 7 amide bonds. The molecule has 21 heteroatoms. The van der Waals surface area contributed by atoms with Crippen molar-refractivity contribution in [1.29, 1.82) is 0 Å². The smallest absolute Gasteiger partial charge is 0.329 e. The Bertz CT molecular complexity index is 2920. The van der Waals surface area contributed by atoms with Crippen LogP contribution in [0.15, 0.2) is 72.8 Å². The molecular formula is C61H75N5O16. The molecule has 0 radical (unpaired) electrons. The van der Waals surface area contributed by atoms with Gasteiger partial charge in [-0.25, -0.2) is 4.79 Å². The van der Waals surface area contributed by atoms with E-state index in [2.05, 4.69) is 16.0 Å². The Morgan fingerprint density at radius 1 is 0.659 bits per heavy atom. The minimum Gasteiger partial charge on any atom is -0.493 e. The highest BCUT2D eigenvalue weighted by Gasteiger charge is 2.46. The average molecular weight is 1130 g/mol. The van der Waals surface area contributed by atoms with E-state index in [1.807, 2.05) is 37.3 Å². The maximum atomic E-state index is 14.6. The van der Waals surface area contributed by atoms with E-state index < -0.39 is 59.6 Å². The second-order valence-corrected chi connectivity index (χ2v) is 20.2. The van der Waals surface area contributed by atoms with Crippen molar-refractivity contribution in [2.75, 3.05) is 68.4 Å². The number of esters is 1. The van der Waals surface area contributed by atoms with Crippen molar-refractivity contribution in [3.63, 3.8) is 0 Å². The zero-order valence-corrected chi connectivity index (χ0v) is 47.6. The first kappa shape index (κ1) is 61.3. The van der Waals surface area contributed by atoms with Gasteiger partial charge < -0.3 is 53.4 Å². The number of benzene rings is 4. The second kappa shape index (κ2) is 29.9. The first-order chi connectivity index (χ1) is 39.7. The lowest BCUT2D eigenvalue weighted by atomic mass is 9.91. The van der Waals surface area contributed by atoms with Crippen LogP contribution in [0.25, 0.3) is 0 Å². The van der Waals surface area contributed by atoms with E-state index in [-0.39, 0.29) is 54.7 Å². The first-order valence-electron chi connectivity index (χ1n) is 28.0.